The van der Waals surface area contributed by atoms with Crippen LogP contribution in [-0.4, -0.2) is 64.5 Å². The molecule has 0 bridgehead atoms. The first kappa shape index (κ1) is 22.3. The molecule has 1 atom stereocenters. The number of carboxylic acid groups (broad SMARTS) is 1. The molecule has 1 saturated heterocycles. The van der Waals surface area contributed by atoms with E-state index in [2.05, 4.69) is 20.3 Å². The Labute approximate surface area is 200 Å². The Balaban J connectivity index is 1.48. The molecule has 0 aliphatic carbocycles. The number of aliphatic carboxylic acids is 1. The first-order valence-electron chi connectivity index (χ1n) is 10.9. The van der Waals surface area contributed by atoms with E-state index in [0.717, 1.165) is 12.1 Å². The topological polar surface area (TPSA) is 137 Å². The number of carbonyl (C=O) groups is 1. The Morgan fingerprint density at radius 1 is 1.17 bits per heavy atom. The largest absolute Gasteiger partial charge is 0.493 e. The van der Waals surface area contributed by atoms with Crippen molar-refractivity contribution >= 4 is 34.7 Å². The number of methoxy groups -OCH3 is 3. The summed E-state index contributed by atoms with van der Waals surface area (Å²) in [5, 5.41) is 12.7. The van der Waals surface area contributed by atoms with E-state index in [1.165, 1.54) is 6.26 Å². The maximum Gasteiger partial charge on any atom is 0.326 e. The van der Waals surface area contributed by atoms with Crippen molar-refractivity contribution in [2.45, 2.75) is 18.9 Å². The molecule has 0 amide bonds. The molecular weight excluding hydrogens is 456 g/mol. The van der Waals surface area contributed by atoms with Gasteiger partial charge in [-0.3, -0.25) is 0 Å². The highest BCUT2D eigenvalue weighted by molar-refractivity contribution is 5.87. The lowest BCUT2D eigenvalue weighted by molar-refractivity contribution is -0.138. The summed E-state index contributed by atoms with van der Waals surface area (Å²) in [7, 11) is 4.66. The molecule has 5 rings (SSSR count). The van der Waals surface area contributed by atoms with Gasteiger partial charge < -0.3 is 38.5 Å². The van der Waals surface area contributed by atoms with Gasteiger partial charge in [-0.15, -0.1) is 0 Å². The van der Waals surface area contributed by atoms with E-state index < -0.39 is 12.0 Å². The average Bonchev–Trinajstić information content (AvgIpc) is 3.63. The zero-order chi connectivity index (χ0) is 24.5. The highest BCUT2D eigenvalue weighted by atomic mass is 16.5. The maximum atomic E-state index is 11.7. The maximum absolute atomic E-state index is 11.7. The summed E-state index contributed by atoms with van der Waals surface area (Å²) >= 11 is 0. The van der Waals surface area contributed by atoms with E-state index in [-0.39, 0.29) is 0 Å². The minimum absolute atomic E-state index is 0.329. The van der Waals surface area contributed by atoms with E-state index in [0.29, 0.717) is 58.9 Å². The van der Waals surface area contributed by atoms with Crippen LogP contribution in [0.3, 0.4) is 0 Å². The second kappa shape index (κ2) is 9.05. The normalized spacial score (nSPS) is 15.4. The number of carboxylic acids is 1. The van der Waals surface area contributed by atoms with Crippen LogP contribution in [0.25, 0.3) is 16.8 Å². The Morgan fingerprint density at radius 3 is 2.63 bits per heavy atom. The molecular formula is C23H24N6O6. The molecule has 0 saturated carbocycles. The lowest BCUT2D eigenvalue weighted by Gasteiger charge is -2.21. The third kappa shape index (κ3) is 4.03. The third-order valence-electron chi connectivity index (χ3n) is 5.86. The highest BCUT2D eigenvalue weighted by Gasteiger charge is 2.33. The van der Waals surface area contributed by atoms with Gasteiger partial charge in [0.2, 0.25) is 11.7 Å². The SMILES string of the molecule is COc1cc(-n2cnc(Nc3nc(N4CCCC4C(=O)O)nc4ccoc34)c2)cc(OC)c1OC. The van der Waals surface area contributed by atoms with Crippen LogP contribution in [0.15, 0.2) is 41.4 Å². The Kier molecular flexibility index (Phi) is 5.77. The van der Waals surface area contributed by atoms with Gasteiger partial charge in [-0.2, -0.15) is 4.98 Å². The van der Waals surface area contributed by atoms with Crippen molar-refractivity contribution in [2.24, 2.45) is 0 Å². The minimum atomic E-state index is -0.892. The fraction of sp³-hybridized carbons (Fsp3) is 0.304. The van der Waals surface area contributed by atoms with E-state index in [9.17, 15) is 9.90 Å². The number of furan rings is 1. The number of benzene rings is 1. The number of anilines is 3. The Bertz CT molecular complexity index is 1360. The number of aromatic nitrogens is 4. The second-order valence-electron chi connectivity index (χ2n) is 7.87. The smallest absolute Gasteiger partial charge is 0.326 e. The van der Waals surface area contributed by atoms with Gasteiger partial charge in [0, 0.05) is 24.7 Å². The van der Waals surface area contributed by atoms with Crippen molar-refractivity contribution in [2.75, 3.05) is 38.1 Å². The van der Waals surface area contributed by atoms with Crippen molar-refractivity contribution in [1.82, 2.24) is 19.5 Å². The van der Waals surface area contributed by atoms with Gasteiger partial charge in [-0.05, 0) is 12.8 Å². The van der Waals surface area contributed by atoms with Gasteiger partial charge in [0.25, 0.3) is 0 Å². The van der Waals surface area contributed by atoms with Crippen molar-refractivity contribution in [1.29, 1.82) is 0 Å². The monoisotopic (exact) mass is 480 g/mol. The minimum Gasteiger partial charge on any atom is -0.493 e. The van der Waals surface area contributed by atoms with Crippen LogP contribution in [-0.2, 0) is 4.79 Å². The van der Waals surface area contributed by atoms with Gasteiger partial charge >= 0.3 is 5.97 Å². The summed E-state index contributed by atoms with van der Waals surface area (Å²) in [6.45, 7) is 0.565. The molecule has 12 heteroatoms. The predicted molar refractivity (Wildman–Crippen MR) is 126 cm³/mol. The molecule has 35 heavy (non-hydrogen) atoms. The summed E-state index contributed by atoms with van der Waals surface area (Å²) in [6.07, 6.45) is 6.22. The molecule has 2 N–H and O–H groups in total. The number of hydrogen-bond donors (Lipinski definition) is 2. The van der Waals surface area contributed by atoms with Crippen molar-refractivity contribution in [3.05, 3.63) is 37.0 Å². The molecule has 3 aromatic heterocycles. The lowest BCUT2D eigenvalue weighted by Crippen LogP contribution is -2.37. The Hall–Kier alpha value is -4.48. The Morgan fingerprint density at radius 2 is 1.94 bits per heavy atom. The zero-order valence-electron chi connectivity index (χ0n) is 19.4. The van der Waals surface area contributed by atoms with Crippen LogP contribution >= 0.6 is 0 Å². The summed E-state index contributed by atoms with van der Waals surface area (Å²) in [5.41, 5.74) is 1.76. The number of fused-ring (bicyclic) bond motifs is 1. The van der Waals surface area contributed by atoms with E-state index >= 15 is 0 Å². The third-order valence-corrected chi connectivity index (χ3v) is 5.86. The molecule has 1 aliphatic heterocycles. The van der Waals surface area contributed by atoms with Crippen LogP contribution in [0, 0.1) is 0 Å². The number of ether oxygens (including phenoxy) is 3. The number of rotatable bonds is 8. The second-order valence-corrected chi connectivity index (χ2v) is 7.87. The number of nitrogens with zero attached hydrogens (tertiary/aromatic N) is 5. The molecule has 0 radical (unpaired) electrons. The lowest BCUT2D eigenvalue weighted by atomic mass is 10.2. The van der Waals surface area contributed by atoms with Gasteiger partial charge in [-0.25, -0.2) is 14.8 Å². The summed E-state index contributed by atoms with van der Waals surface area (Å²) < 4.78 is 23.6. The molecule has 4 aromatic rings. The molecule has 1 fully saturated rings. The fourth-order valence-electron chi connectivity index (χ4n) is 4.19. The summed E-state index contributed by atoms with van der Waals surface area (Å²) in [4.78, 5) is 26.9. The van der Waals surface area contributed by atoms with Gasteiger partial charge in [-0.1, -0.05) is 0 Å². The van der Waals surface area contributed by atoms with Crippen LogP contribution in [0.1, 0.15) is 12.8 Å². The summed E-state index contributed by atoms with van der Waals surface area (Å²) in [6, 6.07) is 4.66. The molecule has 0 spiro atoms. The first-order chi connectivity index (χ1) is 17.0. The fourth-order valence-corrected chi connectivity index (χ4v) is 4.19. The number of imidazole rings is 1. The molecule has 12 nitrogen and oxygen atoms in total. The molecule has 1 aromatic carbocycles. The van der Waals surface area contributed by atoms with Gasteiger partial charge in [0.15, 0.2) is 22.9 Å². The van der Waals surface area contributed by atoms with Crippen LogP contribution < -0.4 is 24.4 Å². The zero-order valence-corrected chi connectivity index (χ0v) is 19.4. The number of hydrogen-bond acceptors (Lipinski definition) is 10. The standard InChI is InChI=1S/C23H24N6O6/c1-32-16-9-13(10-17(33-2)20(16)34-3)28-11-18(24-12-28)26-21-19-14(6-8-35-19)25-23(27-21)29-7-4-5-15(29)22(30)31/h6,8-12,15H,4-5,7H2,1-3H3,(H,30,31)(H,25,26,27). The van der Waals surface area contributed by atoms with Crippen molar-refractivity contribution in [3.63, 3.8) is 0 Å². The molecule has 1 unspecified atom stereocenters. The predicted octanol–water partition coefficient (Wildman–Crippen LogP) is 3.23. The highest BCUT2D eigenvalue weighted by Crippen LogP contribution is 2.39. The van der Waals surface area contributed by atoms with Gasteiger partial charge in [0.05, 0.1) is 39.5 Å². The molecule has 182 valence electrons. The quantitative estimate of drug-likeness (QED) is 0.384. The molecule has 1 aliphatic rings. The van der Waals surface area contributed by atoms with Crippen molar-refractivity contribution < 1.29 is 28.5 Å². The average molecular weight is 480 g/mol. The van der Waals surface area contributed by atoms with Crippen LogP contribution in [0.5, 0.6) is 17.2 Å². The van der Waals surface area contributed by atoms with E-state index in [1.54, 1.807) is 61.5 Å². The van der Waals surface area contributed by atoms with Crippen LogP contribution in [0.2, 0.25) is 0 Å². The van der Waals surface area contributed by atoms with Crippen LogP contribution in [0.4, 0.5) is 17.6 Å². The summed E-state index contributed by atoms with van der Waals surface area (Å²) in [5.74, 6) is 1.85. The van der Waals surface area contributed by atoms with Crippen molar-refractivity contribution in [3.8, 4) is 22.9 Å². The first-order valence-corrected chi connectivity index (χ1v) is 10.9. The van der Waals surface area contributed by atoms with E-state index in [4.69, 9.17) is 18.6 Å². The number of nitrogens with one attached hydrogen (secondary N) is 1. The van der Waals surface area contributed by atoms with Gasteiger partial charge in [0.1, 0.15) is 23.7 Å². The van der Waals surface area contributed by atoms with E-state index in [1.807, 2.05) is 0 Å². The molecule has 4 heterocycles.